The van der Waals surface area contributed by atoms with E-state index in [1.54, 1.807) is 0 Å². The minimum Gasteiger partial charge on any atom is -0.456 e. The minimum absolute atomic E-state index is 0.171. The number of fused-ring (bicyclic) bond motifs is 12. The molecule has 0 N–H and O–H groups in total. The Morgan fingerprint density at radius 3 is 0.836 bits per heavy atom. The van der Waals surface area contributed by atoms with Gasteiger partial charge in [-0.2, -0.15) is 39.9 Å². The molecule has 0 saturated carbocycles. The van der Waals surface area contributed by atoms with Gasteiger partial charge < -0.3 is 17.7 Å². The van der Waals surface area contributed by atoms with Gasteiger partial charge in [0.25, 0.3) is 0 Å². The first-order valence-electron chi connectivity index (χ1n) is 41.0. The number of rotatable bonds is 12. The van der Waals surface area contributed by atoms with Gasteiger partial charge in [-0.3, -0.25) is 0 Å². The second-order valence-electron chi connectivity index (χ2n) is 30.0. The molecule has 0 aliphatic rings. The highest BCUT2D eigenvalue weighted by molar-refractivity contribution is 6.29. The summed E-state index contributed by atoms with van der Waals surface area (Å²) in [4.78, 5) is 53.0. The fourth-order valence-electron chi connectivity index (χ4n) is 15.8. The van der Waals surface area contributed by atoms with Crippen LogP contribution in [-0.2, 0) is 0 Å². The van der Waals surface area contributed by atoms with Crippen LogP contribution in [0.5, 0.6) is 0 Å². The van der Waals surface area contributed by atoms with Gasteiger partial charge in [-0.25, -0.2) is 19.9 Å². The summed E-state index contributed by atoms with van der Waals surface area (Å²) in [6, 6.07) is 129. The maximum Gasteiger partial charge on any atom is 0.226 e. The summed E-state index contributed by atoms with van der Waals surface area (Å²) in [6.07, 6.45) is 0. The second-order valence-corrected chi connectivity index (χ2v) is 31.3. The van der Waals surface area contributed by atoms with E-state index in [0.29, 0.717) is 46.6 Å². The lowest BCUT2D eigenvalue weighted by Crippen LogP contribution is -1.97. The van der Waals surface area contributed by atoms with Gasteiger partial charge in [0.15, 0.2) is 46.6 Å². The van der Waals surface area contributed by atoms with Crippen molar-refractivity contribution in [2.24, 2.45) is 0 Å². The fourth-order valence-corrected chi connectivity index (χ4v) is 16.4. The van der Waals surface area contributed by atoms with Gasteiger partial charge in [0.1, 0.15) is 44.7 Å². The number of nitrogens with zero attached hydrogens (tertiary/aromatic N) is 12. The van der Waals surface area contributed by atoms with E-state index in [2.05, 4.69) is 187 Å². The smallest absolute Gasteiger partial charge is 0.226 e. The molecule has 0 saturated heterocycles. The Labute approximate surface area is 751 Å². The summed E-state index contributed by atoms with van der Waals surface area (Å²) in [5.74, 6) is 4.40. The average molecular weight is 1740 g/mol. The molecule has 0 aliphatic heterocycles. The number of para-hydroxylation sites is 5. The molecule has 16 nitrogen and oxygen atoms in total. The Kier molecular flexibility index (Phi) is 21.6. The summed E-state index contributed by atoms with van der Waals surface area (Å²) in [7, 11) is 0. The van der Waals surface area contributed by atoms with E-state index in [-0.39, 0.29) is 21.1 Å². The average Bonchev–Trinajstić information content (AvgIpc) is 1.61. The maximum atomic E-state index is 6.21. The van der Waals surface area contributed by atoms with Crippen LogP contribution in [0.25, 0.3) is 223 Å². The van der Waals surface area contributed by atoms with Crippen molar-refractivity contribution in [2.45, 2.75) is 0 Å². The van der Waals surface area contributed by atoms with E-state index in [1.807, 2.05) is 261 Å². The van der Waals surface area contributed by atoms with Crippen LogP contribution in [0.3, 0.4) is 0 Å². The Morgan fingerprint density at radius 2 is 0.406 bits per heavy atom. The molecular weight excluding hydrogens is 1670 g/mol. The van der Waals surface area contributed by atoms with Crippen LogP contribution < -0.4 is 0 Å². The molecule has 608 valence electrons. The van der Waals surface area contributed by atoms with E-state index in [0.717, 1.165) is 177 Å². The molecule has 24 aromatic rings. The van der Waals surface area contributed by atoms with E-state index >= 15 is 0 Å². The number of halogens is 4. The molecule has 16 aromatic carbocycles. The Morgan fingerprint density at radius 1 is 0.148 bits per heavy atom. The zero-order valence-corrected chi connectivity index (χ0v) is 70.5. The summed E-state index contributed by atoms with van der Waals surface area (Å²) in [5, 5.41) is 9.63. The molecular formula is C108H64Cl4N12O4. The minimum atomic E-state index is 0.171. The fraction of sp³-hybridized carbons (Fsp3) is 0. The topological polar surface area (TPSA) is 207 Å². The van der Waals surface area contributed by atoms with Gasteiger partial charge in [0.2, 0.25) is 21.1 Å². The lowest BCUT2D eigenvalue weighted by molar-refractivity contribution is 0.668. The van der Waals surface area contributed by atoms with Crippen LogP contribution in [0, 0.1) is 0 Å². The van der Waals surface area contributed by atoms with Crippen molar-refractivity contribution >= 4 is 134 Å². The van der Waals surface area contributed by atoms with Crippen molar-refractivity contribution in [2.75, 3.05) is 0 Å². The standard InChI is InChI=1S/4C27H16ClN3O/c28-27-30-25(18-7-2-1-3-8-18)29-26(31-27)19-15-13-17(14-16-19)20-10-6-11-22-21-9-4-5-12-23(21)32-24(20)22;28-27-30-25(18-7-2-1-3-8-18)29-26(31-27)19-15-13-17(14-16-19)20-10-6-12-23-24(20)21-9-4-5-11-22(21)32-23;28-27-30-25(18-6-2-1-3-7-18)29-26(31-27)19-12-10-17(11-13-19)20-14-15-24-22(16-20)21-8-4-5-9-23(21)32-24;28-27-30-25(18-6-2-1-3-7-18)29-26(31-27)19-12-10-17(11-13-19)20-14-15-22-21-8-4-5-9-23(21)32-24(22)16-20/h4*1-16H. The third-order valence-electron chi connectivity index (χ3n) is 22.0. The number of hydrogen-bond donors (Lipinski definition) is 0. The number of furan rings is 4. The number of aromatic nitrogens is 12. The third-order valence-corrected chi connectivity index (χ3v) is 22.7. The van der Waals surface area contributed by atoms with E-state index in [4.69, 9.17) is 64.1 Å². The summed E-state index contributed by atoms with van der Waals surface area (Å²) < 4.78 is 24.2. The summed E-state index contributed by atoms with van der Waals surface area (Å²) >= 11 is 24.8. The van der Waals surface area contributed by atoms with Crippen molar-refractivity contribution in [3.05, 3.63) is 409 Å². The van der Waals surface area contributed by atoms with E-state index in [9.17, 15) is 0 Å². The van der Waals surface area contributed by atoms with Crippen LogP contribution in [0.2, 0.25) is 21.1 Å². The van der Waals surface area contributed by atoms with Crippen LogP contribution in [-0.4, -0.2) is 59.8 Å². The molecule has 20 heteroatoms. The Balaban J connectivity index is 0.000000104. The van der Waals surface area contributed by atoms with Crippen LogP contribution in [0.1, 0.15) is 0 Å². The van der Waals surface area contributed by atoms with Gasteiger partial charge in [0, 0.05) is 93.2 Å². The van der Waals surface area contributed by atoms with Crippen molar-refractivity contribution in [1.82, 2.24) is 59.8 Å². The van der Waals surface area contributed by atoms with Crippen molar-refractivity contribution < 1.29 is 17.7 Å². The lowest BCUT2D eigenvalue weighted by atomic mass is 9.98. The van der Waals surface area contributed by atoms with Crippen LogP contribution in [0.4, 0.5) is 0 Å². The summed E-state index contributed by atoms with van der Waals surface area (Å²) in [5.41, 5.74) is 22.9. The monoisotopic (exact) mass is 1730 g/mol. The van der Waals surface area contributed by atoms with Crippen molar-refractivity contribution in [1.29, 1.82) is 0 Å². The normalized spacial score (nSPS) is 11.3. The molecule has 0 spiro atoms. The molecule has 0 amide bonds. The quantitative estimate of drug-likeness (QED) is 0.111. The SMILES string of the molecule is Clc1nc(-c2ccccc2)nc(-c2ccc(-c3ccc4c(c3)oc3ccccc34)cc2)n1.Clc1nc(-c2ccccc2)nc(-c2ccc(-c3ccc4oc5ccccc5c4c3)cc2)n1.Clc1nc(-c2ccccc2)nc(-c2ccc(-c3cccc4c3oc3ccccc34)cc2)n1.Clc1nc(-c2ccccc2)nc(-c2ccc(-c3cccc4oc5ccccc5c34)cc2)n1. The predicted molar refractivity (Wildman–Crippen MR) is 514 cm³/mol. The van der Waals surface area contributed by atoms with Gasteiger partial charge in [-0.15, -0.1) is 0 Å². The first-order valence-corrected chi connectivity index (χ1v) is 42.5. The zero-order valence-electron chi connectivity index (χ0n) is 67.5. The van der Waals surface area contributed by atoms with E-state index < -0.39 is 0 Å². The molecule has 0 fully saturated rings. The molecule has 0 radical (unpaired) electrons. The zero-order chi connectivity index (χ0) is 86.0. The number of hydrogen-bond acceptors (Lipinski definition) is 16. The predicted octanol–water partition coefficient (Wildman–Crippen LogP) is 29.7. The molecule has 0 aliphatic carbocycles. The largest absolute Gasteiger partial charge is 0.456 e. The highest BCUT2D eigenvalue weighted by Crippen LogP contribution is 2.42. The van der Waals surface area contributed by atoms with Crippen molar-refractivity contribution in [3.8, 4) is 136 Å². The van der Waals surface area contributed by atoms with E-state index in [1.165, 1.54) is 0 Å². The number of benzene rings is 16. The molecule has 128 heavy (non-hydrogen) atoms. The van der Waals surface area contributed by atoms with Crippen LogP contribution >= 0.6 is 46.4 Å². The molecule has 0 bridgehead atoms. The highest BCUT2D eigenvalue weighted by atomic mass is 35.5. The summed E-state index contributed by atoms with van der Waals surface area (Å²) in [6.45, 7) is 0. The third kappa shape index (κ3) is 16.4. The molecule has 0 atom stereocenters. The molecule has 8 heterocycles. The molecule has 24 rings (SSSR count). The Hall–Kier alpha value is -16.1. The molecule has 0 unspecified atom stereocenters. The maximum absolute atomic E-state index is 6.21. The van der Waals surface area contributed by atoms with Gasteiger partial charge in [-0.05, 0) is 140 Å². The second kappa shape index (κ2) is 34.9. The van der Waals surface area contributed by atoms with Crippen molar-refractivity contribution in [3.63, 3.8) is 0 Å². The molecule has 8 aromatic heterocycles. The highest BCUT2D eigenvalue weighted by Gasteiger charge is 2.20. The van der Waals surface area contributed by atoms with Gasteiger partial charge in [0.05, 0.1) is 0 Å². The van der Waals surface area contributed by atoms with Gasteiger partial charge >= 0.3 is 0 Å². The first-order chi connectivity index (χ1) is 63.0. The van der Waals surface area contributed by atoms with Gasteiger partial charge in [-0.1, -0.05) is 334 Å². The first kappa shape index (κ1) is 79.1. The van der Waals surface area contributed by atoms with Crippen LogP contribution in [0.15, 0.2) is 406 Å². The lowest BCUT2D eigenvalue weighted by Gasteiger charge is -2.07. The Bertz CT molecular complexity index is 8210.